The van der Waals surface area contributed by atoms with Crippen LogP contribution in [0.2, 0.25) is 0 Å². The lowest BCUT2D eigenvalue weighted by Crippen LogP contribution is -2.37. The predicted octanol–water partition coefficient (Wildman–Crippen LogP) is 0.303. The van der Waals surface area contributed by atoms with E-state index in [0.29, 0.717) is 6.67 Å². The second-order valence-electron chi connectivity index (χ2n) is 3.20. The first-order valence-corrected chi connectivity index (χ1v) is 4.72. The third-order valence-corrected chi connectivity index (χ3v) is 2.04. The minimum atomic E-state index is 0.483. The van der Waals surface area contributed by atoms with Gasteiger partial charge >= 0.3 is 0 Å². The standard InChI is InChI=1S/C10H13N5/c11-9-3-1-8(2-4-9)5-13-10-14-6-12-7-15-10/h1-4,6H,5,7,11H2,(H2,12,13,14,15). The van der Waals surface area contributed by atoms with E-state index < -0.39 is 0 Å². The monoisotopic (exact) mass is 203 g/mol. The summed E-state index contributed by atoms with van der Waals surface area (Å²) in [4.78, 5) is 8.05. The number of hydrogen-bond acceptors (Lipinski definition) is 5. The fourth-order valence-electron chi connectivity index (χ4n) is 1.23. The van der Waals surface area contributed by atoms with Crippen LogP contribution in [0, 0.1) is 0 Å². The maximum Gasteiger partial charge on any atom is 0.198 e. The van der Waals surface area contributed by atoms with Gasteiger partial charge in [0.25, 0.3) is 0 Å². The summed E-state index contributed by atoms with van der Waals surface area (Å²) in [6, 6.07) is 7.74. The van der Waals surface area contributed by atoms with Gasteiger partial charge in [-0.1, -0.05) is 12.1 Å². The first-order valence-electron chi connectivity index (χ1n) is 4.72. The van der Waals surface area contributed by atoms with Crippen LogP contribution in [0.25, 0.3) is 0 Å². The van der Waals surface area contributed by atoms with Crippen molar-refractivity contribution in [3.63, 3.8) is 0 Å². The van der Waals surface area contributed by atoms with Crippen molar-refractivity contribution >= 4 is 18.0 Å². The molecule has 78 valence electrons. The number of rotatable bonds is 2. The summed E-state index contributed by atoms with van der Waals surface area (Å²) in [5, 5.41) is 6.09. The molecular formula is C10H13N5. The van der Waals surface area contributed by atoms with Crippen molar-refractivity contribution < 1.29 is 0 Å². The molecule has 2 rings (SSSR count). The molecule has 0 radical (unpaired) electrons. The summed E-state index contributed by atoms with van der Waals surface area (Å²) in [5.41, 5.74) is 7.53. The van der Waals surface area contributed by atoms with Gasteiger partial charge < -0.3 is 16.4 Å². The topological polar surface area (TPSA) is 74.8 Å². The minimum absolute atomic E-state index is 0.483. The quantitative estimate of drug-likeness (QED) is 0.605. The van der Waals surface area contributed by atoms with Crippen molar-refractivity contribution in [2.75, 3.05) is 12.4 Å². The summed E-state index contributed by atoms with van der Waals surface area (Å²) < 4.78 is 0. The van der Waals surface area contributed by atoms with Crippen molar-refractivity contribution in [1.29, 1.82) is 0 Å². The lowest BCUT2D eigenvalue weighted by atomic mass is 10.2. The molecule has 1 aliphatic heterocycles. The van der Waals surface area contributed by atoms with Gasteiger partial charge in [-0.3, -0.25) is 4.99 Å². The van der Waals surface area contributed by atoms with E-state index in [4.69, 9.17) is 5.73 Å². The van der Waals surface area contributed by atoms with Gasteiger partial charge in [-0.2, -0.15) is 0 Å². The molecule has 0 atom stereocenters. The molecule has 0 bridgehead atoms. The first-order chi connectivity index (χ1) is 7.34. The van der Waals surface area contributed by atoms with E-state index in [1.54, 1.807) is 6.34 Å². The zero-order chi connectivity index (χ0) is 10.5. The van der Waals surface area contributed by atoms with Crippen molar-refractivity contribution in [1.82, 2.24) is 10.6 Å². The molecular weight excluding hydrogens is 190 g/mol. The maximum atomic E-state index is 5.59. The average Bonchev–Trinajstić information content (AvgIpc) is 2.30. The molecule has 1 heterocycles. The number of nitrogens with one attached hydrogen (secondary N) is 2. The van der Waals surface area contributed by atoms with Gasteiger partial charge in [0.1, 0.15) is 6.67 Å². The highest BCUT2D eigenvalue weighted by Crippen LogP contribution is 2.04. The number of guanidine groups is 1. The highest BCUT2D eigenvalue weighted by Gasteiger charge is 1.99. The maximum absolute atomic E-state index is 5.59. The van der Waals surface area contributed by atoms with Gasteiger partial charge in [-0.05, 0) is 17.7 Å². The molecule has 5 heteroatoms. The van der Waals surface area contributed by atoms with E-state index >= 15 is 0 Å². The van der Waals surface area contributed by atoms with Crippen LogP contribution in [0.5, 0.6) is 0 Å². The first kappa shape index (κ1) is 9.51. The lowest BCUT2D eigenvalue weighted by molar-refractivity contribution is 0.860. The highest BCUT2D eigenvalue weighted by molar-refractivity contribution is 5.91. The third kappa shape index (κ3) is 2.70. The van der Waals surface area contributed by atoms with Crippen molar-refractivity contribution in [3.05, 3.63) is 29.8 Å². The Hall–Kier alpha value is -2.04. The van der Waals surface area contributed by atoms with Crippen LogP contribution >= 0.6 is 0 Å². The summed E-state index contributed by atoms with van der Waals surface area (Å²) in [6.07, 6.45) is 1.64. The van der Waals surface area contributed by atoms with E-state index in [0.717, 1.165) is 23.8 Å². The molecule has 0 aromatic heterocycles. The summed E-state index contributed by atoms with van der Waals surface area (Å²) in [7, 11) is 0. The number of nitrogens with two attached hydrogens (primary N) is 1. The van der Waals surface area contributed by atoms with Crippen molar-refractivity contribution in [3.8, 4) is 0 Å². The SMILES string of the molecule is Nc1ccc(CNC2=NCN=CN2)cc1. The molecule has 1 aromatic carbocycles. The summed E-state index contributed by atoms with van der Waals surface area (Å²) >= 11 is 0. The number of anilines is 1. The molecule has 1 aromatic rings. The minimum Gasteiger partial charge on any atom is -0.399 e. The van der Waals surface area contributed by atoms with Crippen LogP contribution < -0.4 is 16.4 Å². The number of aliphatic imine (C=N–C) groups is 2. The molecule has 0 amide bonds. The Morgan fingerprint density at radius 1 is 1.33 bits per heavy atom. The van der Waals surface area contributed by atoms with Crippen LogP contribution in [0.15, 0.2) is 34.3 Å². The van der Waals surface area contributed by atoms with Gasteiger partial charge in [0.15, 0.2) is 5.96 Å². The van der Waals surface area contributed by atoms with Gasteiger partial charge in [0.05, 0.1) is 6.34 Å². The molecule has 5 nitrogen and oxygen atoms in total. The van der Waals surface area contributed by atoms with Crippen LogP contribution in [0.4, 0.5) is 5.69 Å². The zero-order valence-electron chi connectivity index (χ0n) is 8.27. The molecule has 0 saturated heterocycles. The molecule has 0 saturated carbocycles. The fourth-order valence-corrected chi connectivity index (χ4v) is 1.23. The van der Waals surface area contributed by atoms with E-state index in [9.17, 15) is 0 Å². The number of nitrogens with zero attached hydrogens (tertiary/aromatic N) is 2. The molecule has 0 aliphatic carbocycles. The lowest BCUT2D eigenvalue weighted by Gasteiger charge is -2.11. The zero-order valence-corrected chi connectivity index (χ0v) is 8.27. The largest absolute Gasteiger partial charge is 0.399 e. The molecule has 1 aliphatic rings. The second-order valence-corrected chi connectivity index (χ2v) is 3.20. The molecule has 15 heavy (non-hydrogen) atoms. The van der Waals surface area contributed by atoms with Gasteiger partial charge in [0, 0.05) is 12.2 Å². The van der Waals surface area contributed by atoms with Crippen LogP contribution in [-0.2, 0) is 6.54 Å². The van der Waals surface area contributed by atoms with E-state index in [1.165, 1.54) is 0 Å². The Balaban J connectivity index is 1.87. The summed E-state index contributed by atoms with van der Waals surface area (Å²) in [5.74, 6) is 0.752. The highest BCUT2D eigenvalue weighted by atomic mass is 15.2. The van der Waals surface area contributed by atoms with E-state index in [-0.39, 0.29) is 0 Å². The predicted molar refractivity (Wildman–Crippen MR) is 61.6 cm³/mol. The normalized spacial score (nSPS) is 14.3. The number of benzene rings is 1. The van der Waals surface area contributed by atoms with E-state index in [2.05, 4.69) is 20.6 Å². The van der Waals surface area contributed by atoms with Crippen molar-refractivity contribution in [2.24, 2.45) is 9.98 Å². The third-order valence-electron chi connectivity index (χ3n) is 2.04. The van der Waals surface area contributed by atoms with Crippen LogP contribution in [-0.4, -0.2) is 19.0 Å². The van der Waals surface area contributed by atoms with Crippen molar-refractivity contribution in [2.45, 2.75) is 6.54 Å². The van der Waals surface area contributed by atoms with Gasteiger partial charge in [-0.15, -0.1) is 0 Å². The fraction of sp³-hybridized carbons (Fsp3) is 0.200. The Kier molecular flexibility index (Phi) is 2.82. The van der Waals surface area contributed by atoms with Gasteiger partial charge in [-0.25, -0.2) is 4.99 Å². The Morgan fingerprint density at radius 3 is 2.80 bits per heavy atom. The number of nitrogen functional groups attached to an aromatic ring is 1. The van der Waals surface area contributed by atoms with E-state index in [1.807, 2.05) is 24.3 Å². The Bertz CT molecular complexity index is 379. The van der Waals surface area contributed by atoms with Crippen LogP contribution in [0.1, 0.15) is 5.56 Å². The summed E-state index contributed by atoms with van der Waals surface area (Å²) in [6.45, 7) is 1.21. The second kappa shape index (κ2) is 4.45. The van der Waals surface area contributed by atoms with Crippen LogP contribution in [0.3, 0.4) is 0 Å². The number of hydrogen-bond donors (Lipinski definition) is 3. The Labute approximate surface area is 88.1 Å². The smallest absolute Gasteiger partial charge is 0.198 e. The van der Waals surface area contributed by atoms with Gasteiger partial charge in [0.2, 0.25) is 0 Å². The average molecular weight is 203 g/mol. The molecule has 4 N–H and O–H groups in total. The molecule has 0 fully saturated rings. The molecule has 0 unspecified atom stereocenters. The Morgan fingerprint density at radius 2 is 2.13 bits per heavy atom. The molecule has 0 spiro atoms.